The molecule has 0 amide bonds. The molecular weight excluding hydrogens is 284 g/mol. The van der Waals surface area contributed by atoms with E-state index in [1.165, 1.54) is 6.20 Å². The first-order valence-corrected chi connectivity index (χ1v) is 7.44. The van der Waals surface area contributed by atoms with Crippen LogP contribution in [0.5, 0.6) is 0 Å². The van der Waals surface area contributed by atoms with Crippen LogP contribution < -0.4 is 9.80 Å². The summed E-state index contributed by atoms with van der Waals surface area (Å²) in [4.78, 5) is 19.5. The van der Waals surface area contributed by atoms with Crippen molar-refractivity contribution in [2.24, 2.45) is 0 Å². The topological polar surface area (TPSA) is 79.8 Å². The van der Waals surface area contributed by atoms with Gasteiger partial charge in [0.25, 0.3) is 0 Å². The molecule has 1 unspecified atom stereocenters. The van der Waals surface area contributed by atoms with Crippen molar-refractivity contribution in [3.8, 4) is 0 Å². The Hall–Kier alpha value is -2.38. The van der Waals surface area contributed by atoms with Crippen molar-refractivity contribution in [3.05, 3.63) is 21.9 Å². The molecule has 0 fully saturated rings. The molecule has 0 spiro atoms. The monoisotopic (exact) mass is 304 g/mol. The third-order valence-corrected chi connectivity index (χ3v) is 4.30. The van der Waals surface area contributed by atoms with Crippen molar-refractivity contribution < 1.29 is 4.92 Å². The fraction of sp³-hybridized carbons (Fsp3) is 0.571. The molecule has 0 saturated carbocycles. The van der Waals surface area contributed by atoms with Gasteiger partial charge in [0.05, 0.1) is 4.92 Å². The average molecular weight is 304 g/mol. The lowest BCUT2D eigenvalue weighted by Gasteiger charge is -2.26. The van der Waals surface area contributed by atoms with E-state index in [-0.39, 0.29) is 5.69 Å². The van der Waals surface area contributed by atoms with Crippen LogP contribution >= 0.6 is 0 Å². The molecule has 1 atom stereocenters. The van der Waals surface area contributed by atoms with E-state index in [4.69, 9.17) is 0 Å². The van der Waals surface area contributed by atoms with Crippen LogP contribution in [0.2, 0.25) is 0 Å². The number of hydrogen-bond donors (Lipinski definition) is 0. The summed E-state index contributed by atoms with van der Waals surface area (Å²) in [6.45, 7) is 5.19. The molecule has 1 aliphatic rings. The van der Waals surface area contributed by atoms with Gasteiger partial charge in [-0.15, -0.1) is 0 Å². The van der Waals surface area contributed by atoms with E-state index in [9.17, 15) is 10.1 Å². The quantitative estimate of drug-likeness (QED) is 0.633. The second kappa shape index (κ2) is 5.11. The van der Waals surface area contributed by atoms with Gasteiger partial charge in [-0.25, -0.2) is 4.98 Å². The van der Waals surface area contributed by atoms with Crippen LogP contribution in [0.1, 0.15) is 25.8 Å². The standard InChI is InChI=1S/C14H20N6O2/c1-5-9(2)18-7-6-10-12(17(3)4)16-13-11(20(21)22)8-15-19(13)14(10)18/h8-9H,5-7H2,1-4H3. The van der Waals surface area contributed by atoms with Crippen molar-refractivity contribution >= 4 is 23.0 Å². The van der Waals surface area contributed by atoms with Gasteiger partial charge < -0.3 is 9.80 Å². The van der Waals surface area contributed by atoms with Crippen molar-refractivity contribution in [1.29, 1.82) is 0 Å². The summed E-state index contributed by atoms with van der Waals surface area (Å²) in [5.74, 6) is 1.73. The molecule has 3 heterocycles. The third-order valence-electron chi connectivity index (χ3n) is 4.30. The van der Waals surface area contributed by atoms with Gasteiger partial charge in [0.2, 0.25) is 5.65 Å². The summed E-state index contributed by atoms with van der Waals surface area (Å²) in [6.07, 6.45) is 3.17. The van der Waals surface area contributed by atoms with Gasteiger partial charge in [-0.2, -0.15) is 9.61 Å². The van der Waals surface area contributed by atoms with E-state index < -0.39 is 4.92 Å². The molecule has 118 valence electrons. The summed E-state index contributed by atoms with van der Waals surface area (Å²) in [6, 6.07) is 0.352. The van der Waals surface area contributed by atoms with Gasteiger partial charge in [-0.3, -0.25) is 10.1 Å². The lowest BCUT2D eigenvalue weighted by molar-refractivity contribution is -0.383. The lowest BCUT2D eigenvalue weighted by Crippen LogP contribution is -2.32. The highest BCUT2D eigenvalue weighted by atomic mass is 16.6. The van der Waals surface area contributed by atoms with Gasteiger partial charge in [0.1, 0.15) is 17.8 Å². The Morgan fingerprint density at radius 3 is 2.82 bits per heavy atom. The number of rotatable bonds is 4. The minimum absolute atomic E-state index is 0.0538. The first kappa shape index (κ1) is 14.6. The van der Waals surface area contributed by atoms with Gasteiger partial charge in [-0.1, -0.05) is 6.92 Å². The summed E-state index contributed by atoms with van der Waals surface area (Å²) in [5.41, 5.74) is 1.36. The first-order valence-electron chi connectivity index (χ1n) is 7.44. The van der Waals surface area contributed by atoms with Crippen LogP contribution in [-0.2, 0) is 6.42 Å². The Labute approximate surface area is 128 Å². The smallest absolute Gasteiger partial charge is 0.333 e. The summed E-state index contributed by atoms with van der Waals surface area (Å²) in [5, 5.41) is 15.4. The van der Waals surface area contributed by atoms with E-state index in [1.54, 1.807) is 4.52 Å². The minimum atomic E-state index is -0.427. The van der Waals surface area contributed by atoms with E-state index in [1.807, 2.05) is 19.0 Å². The zero-order chi connectivity index (χ0) is 16.0. The zero-order valence-electron chi connectivity index (χ0n) is 13.3. The summed E-state index contributed by atoms with van der Waals surface area (Å²) in [7, 11) is 3.82. The van der Waals surface area contributed by atoms with Crippen LogP contribution in [0.4, 0.5) is 17.3 Å². The maximum atomic E-state index is 11.2. The van der Waals surface area contributed by atoms with E-state index in [0.29, 0.717) is 11.7 Å². The number of nitro groups is 1. The van der Waals surface area contributed by atoms with Crippen LogP contribution in [0.15, 0.2) is 6.20 Å². The molecule has 0 saturated heterocycles. The SMILES string of the molecule is CCC(C)N1CCc2c(N(C)C)nc3c([N+](=O)[O-])cnn3c21. The Morgan fingerprint density at radius 2 is 2.23 bits per heavy atom. The van der Waals surface area contributed by atoms with Crippen LogP contribution in [0.3, 0.4) is 0 Å². The number of hydrogen-bond acceptors (Lipinski definition) is 6. The van der Waals surface area contributed by atoms with Gasteiger partial charge in [-0.05, 0) is 19.8 Å². The highest BCUT2D eigenvalue weighted by Gasteiger charge is 2.32. The molecule has 22 heavy (non-hydrogen) atoms. The van der Waals surface area contributed by atoms with Crippen molar-refractivity contribution in [3.63, 3.8) is 0 Å². The Morgan fingerprint density at radius 1 is 1.50 bits per heavy atom. The Bertz CT molecular complexity index is 738. The molecule has 0 aliphatic carbocycles. The Kier molecular flexibility index (Phi) is 3.38. The minimum Gasteiger partial charge on any atom is -0.362 e. The number of fused-ring (bicyclic) bond motifs is 3. The van der Waals surface area contributed by atoms with Gasteiger partial charge >= 0.3 is 5.69 Å². The number of anilines is 2. The fourth-order valence-corrected chi connectivity index (χ4v) is 2.99. The third kappa shape index (κ3) is 1.98. The predicted molar refractivity (Wildman–Crippen MR) is 84.8 cm³/mol. The molecular formula is C14H20N6O2. The Balaban J connectivity index is 2.31. The normalized spacial score (nSPS) is 15.2. The van der Waals surface area contributed by atoms with Gasteiger partial charge in [0, 0.05) is 32.2 Å². The molecule has 0 radical (unpaired) electrons. The van der Waals surface area contributed by atoms with Gasteiger partial charge in [0.15, 0.2) is 0 Å². The molecule has 2 aromatic heterocycles. The maximum absolute atomic E-state index is 11.2. The second-order valence-corrected chi connectivity index (χ2v) is 5.85. The summed E-state index contributed by atoms with van der Waals surface area (Å²) < 4.78 is 1.62. The van der Waals surface area contributed by atoms with Crippen LogP contribution in [-0.4, -0.2) is 46.2 Å². The van der Waals surface area contributed by atoms with E-state index in [2.05, 4.69) is 28.8 Å². The van der Waals surface area contributed by atoms with Crippen molar-refractivity contribution in [2.75, 3.05) is 30.4 Å². The molecule has 0 N–H and O–H groups in total. The van der Waals surface area contributed by atoms with Crippen LogP contribution in [0.25, 0.3) is 5.65 Å². The van der Waals surface area contributed by atoms with Crippen molar-refractivity contribution in [1.82, 2.24) is 14.6 Å². The summed E-state index contributed by atoms with van der Waals surface area (Å²) >= 11 is 0. The first-order chi connectivity index (χ1) is 10.5. The highest BCUT2D eigenvalue weighted by molar-refractivity contribution is 5.73. The fourth-order valence-electron chi connectivity index (χ4n) is 2.99. The average Bonchev–Trinajstić information content (AvgIpc) is 3.08. The van der Waals surface area contributed by atoms with Crippen LogP contribution in [0, 0.1) is 10.1 Å². The molecule has 3 rings (SSSR count). The largest absolute Gasteiger partial charge is 0.362 e. The molecule has 0 aromatic carbocycles. The predicted octanol–water partition coefficient (Wildman–Crippen LogP) is 1.86. The maximum Gasteiger partial charge on any atom is 0.333 e. The highest BCUT2D eigenvalue weighted by Crippen LogP contribution is 2.37. The number of nitrogens with zero attached hydrogens (tertiary/aromatic N) is 6. The van der Waals surface area contributed by atoms with E-state index in [0.717, 1.165) is 36.6 Å². The molecule has 0 bridgehead atoms. The second-order valence-electron chi connectivity index (χ2n) is 5.85. The molecule has 1 aliphatic heterocycles. The number of aromatic nitrogens is 3. The van der Waals surface area contributed by atoms with E-state index >= 15 is 0 Å². The molecule has 2 aromatic rings. The molecule has 8 nitrogen and oxygen atoms in total. The molecule has 8 heteroatoms. The lowest BCUT2D eigenvalue weighted by atomic mass is 10.2. The van der Waals surface area contributed by atoms with Crippen molar-refractivity contribution in [2.45, 2.75) is 32.7 Å². The zero-order valence-corrected chi connectivity index (χ0v) is 13.3.